The Labute approximate surface area is 144 Å². The first-order valence-electron chi connectivity index (χ1n) is 8.65. The van der Waals surface area contributed by atoms with Crippen molar-refractivity contribution >= 4 is 5.69 Å². The minimum atomic E-state index is -0.0856. The molecule has 0 amide bonds. The van der Waals surface area contributed by atoms with Gasteiger partial charge in [-0.05, 0) is 30.7 Å². The van der Waals surface area contributed by atoms with Gasteiger partial charge < -0.3 is 9.32 Å². The summed E-state index contributed by atoms with van der Waals surface area (Å²) in [6.07, 6.45) is 1.08. The van der Waals surface area contributed by atoms with Gasteiger partial charge in [-0.2, -0.15) is 0 Å². The Morgan fingerprint density at radius 2 is 1.88 bits per heavy atom. The van der Waals surface area contributed by atoms with Gasteiger partial charge in [0.25, 0.3) is 0 Å². The number of hydrogen-bond acceptors (Lipinski definition) is 5. The molecule has 0 aliphatic carbocycles. The van der Waals surface area contributed by atoms with Gasteiger partial charge in [-0.1, -0.05) is 32.9 Å². The molecule has 0 saturated carbocycles. The lowest BCUT2D eigenvalue weighted by Crippen LogP contribution is -2.20. The fourth-order valence-electron chi connectivity index (χ4n) is 3.04. The van der Waals surface area contributed by atoms with E-state index in [9.17, 15) is 0 Å². The molecule has 1 fully saturated rings. The van der Waals surface area contributed by atoms with Crippen LogP contribution in [-0.2, 0) is 12.0 Å². The van der Waals surface area contributed by atoms with Gasteiger partial charge in [0.15, 0.2) is 0 Å². The number of anilines is 1. The van der Waals surface area contributed by atoms with E-state index in [1.165, 1.54) is 11.3 Å². The van der Waals surface area contributed by atoms with Crippen molar-refractivity contribution in [1.82, 2.24) is 15.1 Å². The zero-order valence-electron chi connectivity index (χ0n) is 15.4. The first kappa shape index (κ1) is 17.0. The molecule has 1 aliphatic rings. The SMILES string of the molecule is CN(C)c1ccc(CN2CC[C@H](c3nnc(C(C)(C)C)o3)C2)cc1. The summed E-state index contributed by atoms with van der Waals surface area (Å²) in [7, 11) is 4.13. The summed E-state index contributed by atoms with van der Waals surface area (Å²) in [6.45, 7) is 9.34. The molecule has 0 unspecified atom stereocenters. The summed E-state index contributed by atoms with van der Waals surface area (Å²) in [5.74, 6) is 1.88. The summed E-state index contributed by atoms with van der Waals surface area (Å²) in [5, 5.41) is 8.52. The highest BCUT2D eigenvalue weighted by molar-refractivity contribution is 5.45. The summed E-state index contributed by atoms with van der Waals surface area (Å²) in [4.78, 5) is 4.59. The van der Waals surface area contributed by atoms with Gasteiger partial charge in [0, 0.05) is 38.3 Å². The molecule has 1 saturated heterocycles. The summed E-state index contributed by atoms with van der Waals surface area (Å²) in [6, 6.07) is 8.78. The first-order chi connectivity index (χ1) is 11.3. The van der Waals surface area contributed by atoms with Crippen molar-refractivity contribution < 1.29 is 4.42 Å². The van der Waals surface area contributed by atoms with E-state index in [1.54, 1.807) is 0 Å². The smallest absolute Gasteiger partial charge is 0.221 e. The van der Waals surface area contributed by atoms with Gasteiger partial charge in [0.1, 0.15) is 0 Å². The van der Waals surface area contributed by atoms with Crippen molar-refractivity contribution in [2.45, 2.75) is 45.1 Å². The third-order valence-corrected chi connectivity index (χ3v) is 4.56. The van der Waals surface area contributed by atoms with Crippen LogP contribution >= 0.6 is 0 Å². The number of rotatable bonds is 4. The molecule has 0 bridgehead atoms. The maximum Gasteiger partial charge on any atom is 0.221 e. The Hall–Kier alpha value is -1.88. The molecule has 0 spiro atoms. The largest absolute Gasteiger partial charge is 0.424 e. The second kappa shape index (κ2) is 6.55. The summed E-state index contributed by atoms with van der Waals surface area (Å²) >= 11 is 0. The number of aromatic nitrogens is 2. The molecule has 1 aromatic carbocycles. The van der Waals surface area contributed by atoms with E-state index in [0.29, 0.717) is 5.92 Å². The molecule has 2 heterocycles. The highest BCUT2D eigenvalue weighted by atomic mass is 16.4. The molecule has 130 valence electrons. The van der Waals surface area contributed by atoms with Gasteiger partial charge in [0.05, 0.1) is 5.92 Å². The summed E-state index contributed by atoms with van der Waals surface area (Å²) in [5.41, 5.74) is 2.50. The van der Waals surface area contributed by atoms with Gasteiger partial charge >= 0.3 is 0 Å². The zero-order chi connectivity index (χ0) is 17.3. The minimum absolute atomic E-state index is 0.0856. The third-order valence-electron chi connectivity index (χ3n) is 4.56. The predicted octanol–water partition coefficient (Wildman–Crippen LogP) is 3.42. The van der Waals surface area contributed by atoms with Crippen LogP contribution < -0.4 is 4.90 Å². The van der Waals surface area contributed by atoms with Crippen LogP contribution in [0.3, 0.4) is 0 Å². The van der Waals surface area contributed by atoms with Crippen LogP contribution in [0.2, 0.25) is 0 Å². The van der Waals surface area contributed by atoms with Crippen LogP contribution in [0.4, 0.5) is 5.69 Å². The second-order valence-electron chi connectivity index (χ2n) is 7.98. The van der Waals surface area contributed by atoms with Crippen molar-refractivity contribution in [3.63, 3.8) is 0 Å². The molecule has 24 heavy (non-hydrogen) atoms. The average molecular weight is 328 g/mol. The van der Waals surface area contributed by atoms with Crippen LogP contribution in [0.1, 0.15) is 50.5 Å². The quantitative estimate of drug-likeness (QED) is 0.860. The van der Waals surface area contributed by atoms with Gasteiger partial charge in [-0.15, -0.1) is 10.2 Å². The highest BCUT2D eigenvalue weighted by Gasteiger charge is 2.30. The van der Waals surface area contributed by atoms with E-state index in [4.69, 9.17) is 4.42 Å². The fourth-order valence-corrected chi connectivity index (χ4v) is 3.04. The van der Waals surface area contributed by atoms with E-state index in [2.05, 4.69) is 79.1 Å². The predicted molar refractivity (Wildman–Crippen MR) is 96.4 cm³/mol. The Morgan fingerprint density at radius 1 is 1.17 bits per heavy atom. The highest BCUT2D eigenvalue weighted by Crippen LogP contribution is 2.30. The van der Waals surface area contributed by atoms with Gasteiger partial charge in [-0.25, -0.2) is 0 Å². The van der Waals surface area contributed by atoms with E-state index in [-0.39, 0.29) is 5.41 Å². The van der Waals surface area contributed by atoms with Crippen LogP contribution in [0, 0.1) is 0 Å². The molecule has 2 aromatic rings. The molecule has 3 rings (SSSR count). The molecular weight excluding hydrogens is 300 g/mol. The van der Waals surface area contributed by atoms with Crippen LogP contribution in [0.15, 0.2) is 28.7 Å². The van der Waals surface area contributed by atoms with Crippen LogP contribution in [0.25, 0.3) is 0 Å². The monoisotopic (exact) mass is 328 g/mol. The molecule has 1 aliphatic heterocycles. The minimum Gasteiger partial charge on any atom is -0.424 e. The fraction of sp³-hybridized carbons (Fsp3) is 0.579. The average Bonchev–Trinajstić information content (AvgIpc) is 3.15. The molecular formula is C19H28N4O. The van der Waals surface area contributed by atoms with E-state index in [1.807, 2.05) is 0 Å². The molecule has 5 nitrogen and oxygen atoms in total. The third kappa shape index (κ3) is 3.78. The van der Waals surface area contributed by atoms with Crippen molar-refractivity contribution in [3.8, 4) is 0 Å². The first-order valence-corrected chi connectivity index (χ1v) is 8.65. The molecule has 1 atom stereocenters. The Bertz CT molecular complexity index is 669. The molecule has 0 radical (unpaired) electrons. The van der Waals surface area contributed by atoms with Crippen molar-refractivity contribution in [3.05, 3.63) is 41.6 Å². The van der Waals surface area contributed by atoms with Gasteiger partial charge in [-0.3, -0.25) is 4.90 Å². The van der Waals surface area contributed by atoms with E-state index < -0.39 is 0 Å². The number of hydrogen-bond donors (Lipinski definition) is 0. The topological polar surface area (TPSA) is 45.4 Å². The Kier molecular flexibility index (Phi) is 4.63. The maximum atomic E-state index is 5.92. The van der Waals surface area contributed by atoms with Gasteiger partial charge in [0.2, 0.25) is 11.8 Å². The zero-order valence-corrected chi connectivity index (χ0v) is 15.4. The van der Waals surface area contributed by atoms with E-state index >= 15 is 0 Å². The molecule has 0 N–H and O–H groups in total. The lowest BCUT2D eigenvalue weighted by atomic mass is 9.97. The number of benzene rings is 1. The summed E-state index contributed by atoms with van der Waals surface area (Å²) < 4.78 is 5.92. The Morgan fingerprint density at radius 3 is 2.46 bits per heavy atom. The van der Waals surface area contributed by atoms with Crippen molar-refractivity contribution in [2.24, 2.45) is 0 Å². The standard InChI is InChI=1S/C19H28N4O/c1-19(2,3)18-21-20-17(24-18)15-10-11-23(13-15)12-14-6-8-16(9-7-14)22(4)5/h6-9,15H,10-13H2,1-5H3/t15-/m0/s1. The lowest BCUT2D eigenvalue weighted by Gasteiger charge is -2.17. The van der Waals surface area contributed by atoms with Crippen molar-refractivity contribution in [2.75, 3.05) is 32.1 Å². The molecule has 5 heteroatoms. The molecule has 1 aromatic heterocycles. The second-order valence-corrected chi connectivity index (χ2v) is 7.98. The van der Waals surface area contributed by atoms with Crippen molar-refractivity contribution in [1.29, 1.82) is 0 Å². The number of likely N-dealkylation sites (tertiary alicyclic amines) is 1. The Balaban J connectivity index is 1.60. The van der Waals surface area contributed by atoms with Crippen LogP contribution in [-0.4, -0.2) is 42.3 Å². The normalized spacial score (nSPS) is 19.0. The van der Waals surface area contributed by atoms with E-state index in [0.717, 1.165) is 37.8 Å². The van der Waals surface area contributed by atoms with Crippen LogP contribution in [0.5, 0.6) is 0 Å². The number of nitrogens with zero attached hydrogens (tertiary/aromatic N) is 4. The lowest BCUT2D eigenvalue weighted by molar-refractivity contribution is 0.313. The maximum absolute atomic E-state index is 5.92.